The van der Waals surface area contributed by atoms with Gasteiger partial charge in [0, 0.05) is 6.42 Å². The van der Waals surface area contributed by atoms with Crippen LogP contribution in [0.5, 0.6) is 11.5 Å². The molecule has 112 valence electrons. The van der Waals surface area contributed by atoms with Crippen molar-refractivity contribution in [2.75, 3.05) is 6.61 Å². The molecule has 0 bridgehead atoms. The fourth-order valence-corrected chi connectivity index (χ4v) is 2.10. The maximum atomic E-state index is 12.7. The van der Waals surface area contributed by atoms with Gasteiger partial charge in [0.2, 0.25) is 0 Å². The molecule has 0 saturated carbocycles. The average Bonchev–Trinajstić information content (AvgIpc) is 2.41. The smallest absolute Gasteiger partial charge is 0.446 e. The average molecular weight is 312 g/mol. The zero-order valence-corrected chi connectivity index (χ0v) is 11.7. The van der Waals surface area contributed by atoms with E-state index in [0.717, 1.165) is 0 Å². The van der Waals surface area contributed by atoms with Gasteiger partial charge in [0.1, 0.15) is 17.3 Å². The van der Waals surface area contributed by atoms with E-state index in [-0.39, 0.29) is 18.2 Å². The lowest BCUT2D eigenvalue weighted by Gasteiger charge is -2.09. The van der Waals surface area contributed by atoms with E-state index in [1.165, 1.54) is 30.3 Å². The second-order valence-electron chi connectivity index (χ2n) is 4.17. The molecule has 2 aromatic carbocycles. The van der Waals surface area contributed by atoms with Crippen LogP contribution in [0.1, 0.15) is 5.56 Å². The Labute approximate surface area is 121 Å². The zero-order valence-electron chi connectivity index (χ0n) is 10.9. The van der Waals surface area contributed by atoms with Crippen molar-refractivity contribution in [2.24, 2.45) is 0 Å². The summed E-state index contributed by atoms with van der Waals surface area (Å²) in [6.07, 6.45) is 0.364. The zero-order chi connectivity index (χ0) is 15.3. The highest BCUT2D eigenvalue weighted by Gasteiger charge is 2.11. The molecule has 0 unspecified atom stereocenters. The van der Waals surface area contributed by atoms with Crippen LogP contribution in [-0.4, -0.2) is 19.6 Å². The highest BCUT2D eigenvalue weighted by Crippen LogP contribution is 2.20. The first-order valence-corrected chi connectivity index (χ1v) is 7.44. The summed E-state index contributed by atoms with van der Waals surface area (Å²) in [5.41, 5.74) is 0.567. The van der Waals surface area contributed by atoms with Crippen LogP contribution in [0.3, 0.4) is 0 Å². The summed E-state index contributed by atoms with van der Waals surface area (Å²) in [6, 6.07) is 12.0. The molecule has 0 heterocycles. The van der Waals surface area contributed by atoms with E-state index < -0.39 is 10.4 Å². The molecule has 2 rings (SSSR count). The van der Waals surface area contributed by atoms with E-state index in [1.54, 1.807) is 18.2 Å². The highest BCUT2D eigenvalue weighted by molar-refractivity contribution is 7.81. The number of benzene rings is 2. The summed E-state index contributed by atoms with van der Waals surface area (Å²) < 4.78 is 52.8. The molecular weight excluding hydrogens is 299 g/mol. The monoisotopic (exact) mass is 312 g/mol. The number of hydrogen-bond acceptors (Lipinski definition) is 4. The Kier molecular flexibility index (Phi) is 4.77. The van der Waals surface area contributed by atoms with Crippen LogP contribution in [0.4, 0.5) is 4.39 Å². The van der Waals surface area contributed by atoms with Crippen LogP contribution in [0.15, 0.2) is 48.5 Å². The van der Waals surface area contributed by atoms with Gasteiger partial charge < -0.3 is 8.92 Å². The van der Waals surface area contributed by atoms with Gasteiger partial charge in [-0.3, -0.25) is 4.55 Å². The number of halogens is 1. The second kappa shape index (κ2) is 6.55. The topological polar surface area (TPSA) is 72.8 Å². The molecule has 0 aliphatic rings. The van der Waals surface area contributed by atoms with Crippen LogP contribution < -0.4 is 8.92 Å². The minimum atomic E-state index is -4.56. The molecule has 0 aromatic heterocycles. The standard InChI is InChI=1S/C14H13FO5S/c15-12-5-7-13(8-6-12)19-10-9-11-3-1-2-4-14(11)20-21(16,17)18/h1-8H,9-10H2,(H,16,17,18). The third-order valence-electron chi connectivity index (χ3n) is 2.62. The van der Waals surface area contributed by atoms with E-state index >= 15 is 0 Å². The summed E-state index contributed by atoms with van der Waals surface area (Å²) in [5, 5.41) is 0. The van der Waals surface area contributed by atoms with E-state index in [4.69, 9.17) is 9.29 Å². The molecule has 5 nitrogen and oxygen atoms in total. The van der Waals surface area contributed by atoms with Gasteiger partial charge in [0.25, 0.3) is 0 Å². The van der Waals surface area contributed by atoms with Crippen molar-refractivity contribution in [3.8, 4) is 11.5 Å². The lowest BCUT2D eigenvalue weighted by molar-refractivity contribution is 0.319. The molecule has 0 amide bonds. The molecule has 7 heteroatoms. The molecule has 0 atom stereocenters. The minimum Gasteiger partial charge on any atom is -0.493 e. The van der Waals surface area contributed by atoms with Crippen molar-refractivity contribution in [1.82, 2.24) is 0 Å². The lowest BCUT2D eigenvalue weighted by atomic mass is 10.1. The third-order valence-corrected chi connectivity index (χ3v) is 3.01. The molecule has 2 aromatic rings. The van der Waals surface area contributed by atoms with Crippen molar-refractivity contribution in [3.05, 3.63) is 59.9 Å². The molecule has 0 saturated heterocycles. The Balaban J connectivity index is 1.98. The van der Waals surface area contributed by atoms with E-state index in [0.29, 0.717) is 17.7 Å². The van der Waals surface area contributed by atoms with Gasteiger partial charge in [-0.1, -0.05) is 18.2 Å². The molecule has 0 fully saturated rings. The van der Waals surface area contributed by atoms with Crippen molar-refractivity contribution in [1.29, 1.82) is 0 Å². The van der Waals surface area contributed by atoms with Crippen molar-refractivity contribution < 1.29 is 26.3 Å². The molecule has 0 radical (unpaired) electrons. The summed E-state index contributed by atoms with van der Waals surface area (Å²) in [6.45, 7) is 0.248. The van der Waals surface area contributed by atoms with Gasteiger partial charge >= 0.3 is 10.4 Å². The first-order valence-electron chi connectivity index (χ1n) is 6.07. The highest BCUT2D eigenvalue weighted by atomic mass is 32.3. The third kappa shape index (κ3) is 5.05. The SMILES string of the molecule is O=S(=O)(O)Oc1ccccc1CCOc1ccc(F)cc1. The van der Waals surface area contributed by atoms with Crippen LogP contribution in [0.25, 0.3) is 0 Å². The Bertz CT molecular complexity index is 698. The predicted octanol–water partition coefficient (Wildman–Crippen LogP) is 2.63. The maximum absolute atomic E-state index is 12.7. The molecule has 0 spiro atoms. The van der Waals surface area contributed by atoms with Gasteiger partial charge in [-0.25, -0.2) is 4.39 Å². The fourth-order valence-electron chi connectivity index (χ4n) is 1.71. The second-order valence-corrected chi connectivity index (χ2v) is 5.19. The molecule has 1 N–H and O–H groups in total. The summed E-state index contributed by atoms with van der Waals surface area (Å²) >= 11 is 0. The number of para-hydroxylation sites is 1. The van der Waals surface area contributed by atoms with Crippen LogP contribution in [0.2, 0.25) is 0 Å². The summed E-state index contributed by atoms with van der Waals surface area (Å²) in [7, 11) is -4.56. The van der Waals surface area contributed by atoms with Crippen LogP contribution in [0, 0.1) is 5.82 Å². The number of rotatable bonds is 6. The first kappa shape index (κ1) is 15.3. The van der Waals surface area contributed by atoms with Crippen LogP contribution in [-0.2, 0) is 16.8 Å². The Hall–Kier alpha value is -2.12. The van der Waals surface area contributed by atoms with E-state index in [2.05, 4.69) is 4.18 Å². The number of ether oxygens (including phenoxy) is 1. The predicted molar refractivity (Wildman–Crippen MR) is 74.2 cm³/mol. The Morgan fingerprint density at radius 1 is 1.05 bits per heavy atom. The fraction of sp³-hybridized carbons (Fsp3) is 0.143. The molecule has 21 heavy (non-hydrogen) atoms. The van der Waals surface area contributed by atoms with E-state index in [1.807, 2.05) is 0 Å². The molecule has 0 aliphatic carbocycles. The van der Waals surface area contributed by atoms with Gasteiger partial charge in [-0.2, -0.15) is 8.42 Å². The lowest BCUT2D eigenvalue weighted by Crippen LogP contribution is -2.09. The molecular formula is C14H13FO5S. The minimum absolute atomic E-state index is 0.0442. The number of hydrogen-bond donors (Lipinski definition) is 1. The van der Waals surface area contributed by atoms with Crippen molar-refractivity contribution in [3.63, 3.8) is 0 Å². The van der Waals surface area contributed by atoms with Crippen molar-refractivity contribution in [2.45, 2.75) is 6.42 Å². The Morgan fingerprint density at radius 2 is 1.71 bits per heavy atom. The van der Waals surface area contributed by atoms with Gasteiger partial charge in [-0.15, -0.1) is 0 Å². The van der Waals surface area contributed by atoms with Gasteiger partial charge in [0.05, 0.1) is 6.61 Å². The first-order chi connectivity index (χ1) is 9.94. The summed E-state index contributed by atoms with van der Waals surface area (Å²) in [5.74, 6) is 0.196. The maximum Gasteiger partial charge on any atom is 0.446 e. The largest absolute Gasteiger partial charge is 0.493 e. The van der Waals surface area contributed by atoms with E-state index in [9.17, 15) is 12.8 Å². The van der Waals surface area contributed by atoms with Gasteiger partial charge in [-0.05, 0) is 35.9 Å². The Morgan fingerprint density at radius 3 is 2.38 bits per heavy atom. The summed E-state index contributed by atoms with van der Waals surface area (Å²) in [4.78, 5) is 0. The van der Waals surface area contributed by atoms with Crippen molar-refractivity contribution >= 4 is 10.4 Å². The quantitative estimate of drug-likeness (QED) is 0.830. The van der Waals surface area contributed by atoms with Gasteiger partial charge in [0.15, 0.2) is 0 Å². The van der Waals surface area contributed by atoms with Crippen LogP contribution >= 0.6 is 0 Å². The molecule has 0 aliphatic heterocycles. The normalized spacial score (nSPS) is 11.1.